The molecule has 2 heterocycles. The van der Waals surface area contributed by atoms with Gasteiger partial charge in [0.1, 0.15) is 11.6 Å². The van der Waals surface area contributed by atoms with Gasteiger partial charge < -0.3 is 19.9 Å². The standard InChI is InChI=1S/C25H29N5O3/c1-4-33-22-8-6-5-7-21(22)26-25(32)29-15-13-28(14-16-29)23-11-12-24(31)30(27-23)20-10-9-18(2)19(3)17-20/h5-12,17H,4,13-16H2,1-3H3,(H,26,32). The Labute approximate surface area is 193 Å². The molecular weight excluding hydrogens is 418 g/mol. The highest BCUT2D eigenvalue weighted by molar-refractivity contribution is 5.91. The largest absolute Gasteiger partial charge is 0.492 e. The molecule has 33 heavy (non-hydrogen) atoms. The van der Waals surface area contributed by atoms with E-state index in [2.05, 4.69) is 15.3 Å². The van der Waals surface area contributed by atoms with Gasteiger partial charge in [0.25, 0.3) is 5.56 Å². The van der Waals surface area contributed by atoms with Crippen LogP contribution in [0.1, 0.15) is 18.1 Å². The number of nitrogens with one attached hydrogen (secondary N) is 1. The van der Waals surface area contributed by atoms with Gasteiger partial charge in [-0.3, -0.25) is 4.79 Å². The lowest BCUT2D eigenvalue weighted by Crippen LogP contribution is -2.50. The third kappa shape index (κ3) is 5.00. The number of anilines is 2. The highest BCUT2D eigenvalue weighted by atomic mass is 16.5. The zero-order valence-electron chi connectivity index (χ0n) is 19.2. The van der Waals surface area contributed by atoms with Crippen LogP contribution < -0.4 is 20.5 Å². The average Bonchev–Trinajstić information content (AvgIpc) is 2.83. The van der Waals surface area contributed by atoms with Crippen LogP contribution in [0.15, 0.2) is 59.4 Å². The van der Waals surface area contributed by atoms with Crippen molar-refractivity contribution in [3.63, 3.8) is 0 Å². The molecule has 0 atom stereocenters. The van der Waals surface area contributed by atoms with Crippen LogP contribution in [0.5, 0.6) is 5.75 Å². The van der Waals surface area contributed by atoms with Crippen molar-refractivity contribution >= 4 is 17.5 Å². The van der Waals surface area contributed by atoms with Gasteiger partial charge in [-0.05, 0) is 62.2 Å². The normalized spacial score (nSPS) is 13.7. The van der Waals surface area contributed by atoms with Gasteiger partial charge >= 0.3 is 6.03 Å². The monoisotopic (exact) mass is 447 g/mol. The van der Waals surface area contributed by atoms with Crippen molar-refractivity contribution in [3.05, 3.63) is 76.1 Å². The Bertz CT molecular complexity index is 1200. The van der Waals surface area contributed by atoms with Gasteiger partial charge in [-0.15, -0.1) is 5.10 Å². The van der Waals surface area contributed by atoms with Crippen molar-refractivity contribution in [1.29, 1.82) is 0 Å². The van der Waals surface area contributed by atoms with E-state index >= 15 is 0 Å². The molecule has 8 nitrogen and oxygen atoms in total. The summed E-state index contributed by atoms with van der Waals surface area (Å²) in [7, 11) is 0. The maximum Gasteiger partial charge on any atom is 0.322 e. The Morgan fingerprint density at radius 2 is 1.76 bits per heavy atom. The van der Waals surface area contributed by atoms with E-state index in [0.29, 0.717) is 44.2 Å². The van der Waals surface area contributed by atoms with Gasteiger partial charge in [0.05, 0.1) is 18.0 Å². The first-order valence-corrected chi connectivity index (χ1v) is 11.2. The number of hydrogen-bond donors (Lipinski definition) is 1. The van der Waals surface area contributed by atoms with Crippen molar-refractivity contribution in [2.45, 2.75) is 20.8 Å². The molecule has 1 N–H and O–H groups in total. The van der Waals surface area contributed by atoms with E-state index in [1.165, 1.54) is 10.2 Å². The van der Waals surface area contributed by atoms with Gasteiger partial charge in [-0.2, -0.15) is 4.68 Å². The number of amides is 2. The van der Waals surface area contributed by atoms with Crippen LogP contribution in [0.2, 0.25) is 0 Å². The summed E-state index contributed by atoms with van der Waals surface area (Å²) < 4.78 is 7.03. The Morgan fingerprint density at radius 1 is 1.00 bits per heavy atom. The lowest BCUT2D eigenvalue weighted by Gasteiger charge is -2.35. The summed E-state index contributed by atoms with van der Waals surface area (Å²) in [5.41, 5.74) is 3.51. The molecule has 1 aliphatic heterocycles. The van der Waals surface area contributed by atoms with Crippen molar-refractivity contribution in [1.82, 2.24) is 14.7 Å². The number of piperazine rings is 1. The number of urea groups is 1. The number of aryl methyl sites for hydroxylation is 2. The molecule has 0 saturated carbocycles. The van der Waals surface area contributed by atoms with Gasteiger partial charge in [-0.25, -0.2) is 4.79 Å². The first kappa shape index (κ1) is 22.4. The number of hydrogen-bond acceptors (Lipinski definition) is 5. The van der Waals surface area contributed by atoms with E-state index < -0.39 is 0 Å². The van der Waals surface area contributed by atoms with Crippen molar-refractivity contribution < 1.29 is 9.53 Å². The molecule has 2 amide bonds. The van der Waals surface area contributed by atoms with Crippen LogP contribution in [-0.4, -0.2) is 53.5 Å². The minimum absolute atomic E-state index is 0.158. The fourth-order valence-electron chi connectivity index (χ4n) is 3.80. The smallest absolute Gasteiger partial charge is 0.322 e. The molecule has 0 spiro atoms. The highest BCUT2D eigenvalue weighted by Crippen LogP contribution is 2.24. The first-order chi connectivity index (χ1) is 16.0. The average molecular weight is 448 g/mol. The molecule has 8 heteroatoms. The molecule has 0 bridgehead atoms. The van der Waals surface area contributed by atoms with E-state index in [1.807, 2.05) is 63.2 Å². The van der Waals surface area contributed by atoms with Gasteiger partial charge in [0.15, 0.2) is 0 Å². The van der Waals surface area contributed by atoms with Crippen LogP contribution in [-0.2, 0) is 0 Å². The summed E-state index contributed by atoms with van der Waals surface area (Å²) in [5.74, 6) is 1.37. The van der Waals surface area contributed by atoms with E-state index in [-0.39, 0.29) is 11.6 Å². The minimum atomic E-state index is -0.173. The maximum absolute atomic E-state index is 12.8. The fraction of sp³-hybridized carbons (Fsp3) is 0.320. The van der Waals surface area contributed by atoms with Crippen LogP contribution in [0.4, 0.5) is 16.3 Å². The molecule has 1 aliphatic rings. The molecule has 0 aliphatic carbocycles. The molecule has 1 saturated heterocycles. The number of carbonyl (C=O) groups excluding carboxylic acids is 1. The third-order valence-electron chi connectivity index (χ3n) is 5.84. The Hall–Kier alpha value is -3.81. The SMILES string of the molecule is CCOc1ccccc1NC(=O)N1CCN(c2ccc(=O)n(-c3ccc(C)c(C)c3)n2)CC1. The second-order valence-corrected chi connectivity index (χ2v) is 8.04. The molecule has 3 aromatic rings. The molecule has 0 unspecified atom stereocenters. The molecular formula is C25H29N5O3. The number of rotatable bonds is 5. The van der Waals surface area contributed by atoms with E-state index in [9.17, 15) is 9.59 Å². The van der Waals surface area contributed by atoms with E-state index in [0.717, 1.165) is 17.1 Å². The van der Waals surface area contributed by atoms with Crippen molar-refractivity contribution in [3.8, 4) is 11.4 Å². The summed E-state index contributed by atoms with van der Waals surface area (Å²) in [6, 6.07) is 16.4. The second kappa shape index (κ2) is 9.77. The van der Waals surface area contributed by atoms with Crippen LogP contribution >= 0.6 is 0 Å². The molecule has 0 radical (unpaired) electrons. The predicted molar refractivity (Wildman–Crippen MR) is 130 cm³/mol. The summed E-state index contributed by atoms with van der Waals surface area (Å²) >= 11 is 0. The Balaban J connectivity index is 1.43. The van der Waals surface area contributed by atoms with Gasteiger partial charge in [0.2, 0.25) is 0 Å². The third-order valence-corrected chi connectivity index (χ3v) is 5.84. The first-order valence-electron chi connectivity index (χ1n) is 11.2. The summed E-state index contributed by atoms with van der Waals surface area (Å²) in [5, 5.41) is 7.55. The number of carbonyl (C=O) groups is 1. The quantitative estimate of drug-likeness (QED) is 0.647. The van der Waals surface area contributed by atoms with Crippen LogP contribution in [0, 0.1) is 13.8 Å². The molecule has 4 rings (SSSR count). The molecule has 1 aromatic heterocycles. The number of nitrogens with zero attached hydrogens (tertiary/aromatic N) is 4. The Kier molecular flexibility index (Phi) is 6.63. The number of ether oxygens (including phenoxy) is 1. The lowest BCUT2D eigenvalue weighted by atomic mass is 10.1. The van der Waals surface area contributed by atoms with Crippen LogP contribution in [0.25, 0.3) is 5.69 Å². The van der Waals surface area contributed by atoms with Crippen molar-refractivity contribution in [2.24, 2.45) is 0 Å². The number of para-hydroxylation sites is 2. The second-order valence-electron chi connectivity index (χ2n) is 8.04. The van der Waals surface area contributed by atoms with Crippen LogP contribution in [0.3, 0.4) is 0 Å². The van der Waals surface area contributed by atoms with Crippen molar-refractivity contribution in [2.75, 3.05) is 43.0 Å². The Morgan fingerprint density at radius 3 is 2.48 bits per heavy atom. The lowest BCUT2D eigenvalue weighted by molar-refractivity contribution is 0.208. The molecule has 2 aromatic carbocycles. The predicted octanol–water partition coefficient (Wildman–Crippen LogP) is 3.60. The summed E-state index contributed by atoms with van der Waals surface area (Å²) in [6.45, 7) is 8.84. The number of aromatic nitrogens is 2. The zero-order chi connectivity index (χ0) is 23.4. The zero-order valence-corrected chi connectivity index (χ0v) is 19.2. The maximum atomic E-state index is 12.8. The molecule has 172 valence electrons. The van der Waals surface area contributed by atoms with Gasteiger partial charge in [0, 0.05) is 32.2 Å². The molecule has 1 fully saturated rings. The fourth-order valence-corrected chi connectivity index (χ4v) is 3.80. The highest BCUT2D eigenvalue weighted by Gasteiger charge is 2.23. The minimum Gasteiger partial charge on any atom is -0.492 e. The number of benzene rings is 2. The topological polar surface area (TPSA) is 79.7 Å². The summed E-state index contributed by atoms with van der Waals surface area (Å²) in [6.07, 6.45) is 0. The summed E-state index contributed by atoms with van der Waals surface area (Å²) in [4.78, 5) is 29.1. The van der Waals surface area contributed by atoms with Gasteiger partial charge in [-0.1, -0.05) is 18.2 Å². The van der Waals surface area contributed by atoms with E-state index in [1.54, 1.807) is 17.0 Å². The van der Waals surface area contributed by atoms with E-state index in [4.69, 9.17) is 4.74 Å².